The second-order valence-electron chi connectivity index (χ2n) is 2.38. The van der Waals surface area contributed by atoms with E-state index in [1.807, 2.05) is 0 Å². The van der Waals surface area contributed by atoms with Gasteiger partial charge in [0, 0.05) is 12.4 Å². The molecule has 0 saturated heterocycles. The Morgan fingerprint density at radius 1 is 1.43 bits per heavy atom. The van der Waals surface area contributed by atoms with Crippen molar-refractivity contribution >= 4 is 0 Å². The number of nitriles is 1. The molecule has 14 heavy (non-hydrogen) atoms. The van der Waals surface area contributed by atoms with Crippen LogP contribution >= 0.6 is 0 Å². The Bertz CT molecular complexity index is 381. The summed E-state index contributed by atoms with van der Waals surface area (Å²) in [5, 5.41) is 8.50. The lowest BCUT2D eigenvalue weighted by Crippen LogP contribution is -2.09. The van der Waals surface area contributed by atoms with Crippen LogP contribution in [0, 0.1) is 11.3 Å². The maximum Gasteiger partial charge on any atom is 0.421 e. The molecule has 0 radical (unpaired) electrons. The predicted octanol–water partition coefficient (Wildman–Crippen LogP) is 1.98. The zero-order chi connectivity index (χ0) is 10.8. The van der Waals surface area contributed by atoms with Crippen LogP contribution in [0.25, 0.3) is 0 Å². The van der Waals surface area contributed by atoms with Gasteiger partial charge >= 0.3 is 6.18 Å². The third-order valence-electron chi connectivity index (χ3n) is 1.53. The molecule has 6 heteroatoms. The van der Waals surface area contributed by atoms with E-state index in [1.54, 1.807) is 6.07 Å². The zero-order valence-corrected chi connectivity index (χ0v) is 7.09. The Hall–Kier alpha value is -1.77. The lowest BCUT2D eigenvalue weighted by Gasteiger charge is -2.11. The first-order chi connectivity index (χ1) is 6.50. The Morgan fingerprint density at radius 2 is 2.07 bits per heavy atom. The van der Waals surface area contributed by atoms with Crippen molar-refractivity contribution in [2.75, 3.05) is 7.11 Å². The maximum absolute atomic E-state index is 12.3. The molecule has 0 unspecified atom stereocenters. The minimum absolute atomic E-state index is 0.234. The van der Waals surface area contributed by atoms with Gasteiger partial charge in [-0.25, -0.2) is 0 Å². The fourth-order valence-corrected chi connectivity index (χ4v) is 0.950. The van der Waals surface area contributed by atoms with E-state index in [1.165, 1.54) is 0 Å². The number of nitrogens with zero attached hydrogens (tertiary/aromatic N) is 2. The third-order valence-corrected chi connectivity index (χ3v) is 1.53. The van der Waals surface area contributed by atoms with Crippen LogP contribution in [0.2, 0.25) is 0 Å². The van der Waals surface area contributed by atoms with Gasteiger partial charge in [-0.05, 0) is 0 Å². The molecule has 0 fully saturated rings. The second kappa shape index (κ2) is 3.54. The third kappa shape index (κ3) is 1.76. The molecule has 0 bridgehead atoms. The van der Waals surface area contributed by atoms with E-state index in [4.69, 9.17) is 5.26 Å². The highest BCUT2D eigenvalue weighted by molar-refractivity contribution is 5.47. The summed E-state index contributed by atoms with van der Waals surface area (Å²) in [6, 6.07) is 1.57. The highest BCUT2D eigenvalue weighted by Crippen LogP contribution is 2.36. The van der Waals surface area contributed by atoms with Crippen molar-refractivity contribution in [3.63, 3.8) is 0 Å². The molecule has 0 saturated carbocycles. The van der Waals surface area contributed by atoms with Crippen molar-refractivity contribution < 1.29 is 17.9 Å². The second-order valence-corrected chi connectivity index (χ2v) is 2.38. The molecule has 0 aromatic carbocycles. The molecule has 0 N–H and O–H groups in total. The first-order valence-electron chi connectivity index (χ1n) is 3.50. The van der Waals surface area contributed by atoms with Crippen LogP contribution in [0.3, 0.4) is 0 Å². The number of hydrogen-bond acceptors (Lipinski definition) is 3. The average molecular weight is 202 g/mol. The Labute approximate surface area is 77.7 Å². The van der Waals surface area contributed by atoms with Gasteiger partial charge in [-0.15, -0.1) is 0 Å². The molecule has 1 rings (SSSR count). The topological polar surface area (TPSA) is 45.9 Å². The standard InChI is InChI=1S/C8H5F3N2O/c1-14-7-5(2-12)3-13-4-6(7)8(9,10)11/h3-4H,1H3. The van der Waals surface area contributed by atoms with Crippen molar-refractivity contribution in [1.82, 2.24) is 4.98 Å². The molecule has 74 valence electrons. The molecule has 0 amide bonds. The first-order valence-corrected chi connectivity index (χ1v) is 3.50. The summed E-state index contributed by atoms with van der Waals surface area (Å²) in [4.78, 5) is 3.31. The van der Waals surface area contributed by atoms with Gasteiger partial charge in [-0.3, -0.25) is 4.98 Å². The number of pyridine rings is 1. The van der Waals surface area contributed by atoms with E-state index in [0.717, 1.165) is 13.3 Å². The fourth-order valence-electron chi connectivity index (χ4n) is 0.950. The molecule has 0 aliphatic heterocycles. The van der Waals surface area contributed by atoms with Gasteiger partial charge in [0.1, 0.15) is 17.2 Å². The fraction of sp³-hybridized carbons (Fsp3) is 0.250. The van der Waals surface area contributed by atoms with Crippen molar-refractivity contribution in [3.8, 4) is 11.8 Å². The molecule has 1 aromatic rings. The molecule has 1 heterocycles. The van der Waals surface area contributed by atoms with Crippen LogP contribution in [0.15, 0.2) is 12.4 Å². The molecular weight excluding hydrogens is 197 g/mol. The lowest BCUT2D eigenvalue weighted by molar-refractivity contribution is -0.139. The molecule has 0 aliphatic rings. The summed E-state index contributed by atoms with van der Waals surface area (Å²) in [6.45, 7) is 0. The van der Waals surface area contributed by atoms with Gasteiger partial charge in [0.25, 0.3) is 0 Å². The summed E-state index contributed by atoms with van der Waals surface area (Å²) in [6.07, 6.45) is -2.92. The number of alkyl halides is 3. The van der Waals surface area contributed by atoms with Crippen LogP contribution in [-0.2, 0) is 6.18 Å². The lowest BCUT2D eigenvalue weighted by atomic mass is 10.2. The van der Waals surface area contributed by atoms with Crippen molar-refractivity contribution in [2.24, 2.45) is 0 Å². The van der Waals surface area contributed by atoms with Crippen LogP contribution in [0.1, 0.15) is 11.1 Å². The van der Waals surface area contributed by atoms with Crippen LogP contribution in [0.5, 0.6) is 5.75 Å². The van der Waals surface area contributed by atoms with E-state index in [9.17, 15) is 13.2 Å². The van der Waals surface area contributed by atoms with Crippen molar-refractivity contribution in [1.29, 1.82) is 5.26 Å². The summed E-state index contributed by atoms with van der Waals surface area (Å²) in [5.41, 5.74) is -1.28. The van der Waals surface area contributed by atoms with Crippen LogP contribution in [-0.4, -0.2) is 12.1 Å². The number of hydrogen-bond donors (Lipinski definition) is 0. The molecular formula is C8H5F3N2O. The quantitative estimate of drug-likeness (QED) is 0.699. The van der Waals surface area contributed by atoms with E-state index < -0.39 is 17.5 Å². The number of ether oxygens (including phenoxy) is 1. The van der Waals surface area contributed by atoms with Crippen LogP contribution in [0.4, 0.5) is 13.2 Å². The highest BCUT2D eigenvalue weighted by atomic mass is 19.4. The number of halogens is 3. The van der Waals surface area contributed by atoms with E-state index in [0.29, 0.717) is 6.20 Å². The largest absolute Gasteiger partial charge is 0.495 e. The predicted molar refractivity (Wildman–Crippen MR) is 40.5 cm³/mol. The molecule has 0 spiro atoms. The SMILES string of the molecule is COc1c(C#N)cncc1C(F)(F)F. The first kappa shape index (κ1) is 10.3. The van der Waals surface area contributed by atoms with Gasteiger partial charge in [-0.2, -0.15) is 18.4 Å². The smallest absolute Gasteiger partial charge is 0.421 e. The highest BCUT2D eigenvalue weighted by Gasteiger charge is 2.35. The van der Waals surface area contributed by atoms with Crippen molar-refractivity contribution in [3.05, 3.63) is 23.5 Å². The zero-order valence-electron chi connectivity index (χ0n) is 7.09. The van der Waals surface area contributed by atoms with Gasteiger partial charge in [-0.1, -0.05) is 0 Å². The van der Waals surface area contributed by atoms with E-state index in [-0.39, 0.29) is 5.56 Å². The van der Waals surface area contributed by atoms with Crippen molar-refractivity contribution in [2.45, 2.75) is 6.18 Å². The van der Waals surface area contributed by atoms with Gasteiger partial charge < -0.3 is 4.74 Å². The molecule has 0 aliphatic carbocycles. The summed E-state index contributed by atoms with van der Waals surface area (Å²) >= 11 is 0. The molecule has 3 nitrogen and oxygen atoms in total. The number of rotatable bonds is 1. The Morgan fingerprint density at radius 3 is 2.50 bits per heavy atom. The normalized spacial score (nSPS) is 10.8. The Kier molecular flexibility index (Phi) is 2.60. The van der Waals surface area contributed by atoms with Gasteiger partial charge in [0.15, 0.2) is 5.75 Å². The van der Waals surface area contributed by atoms with Gasteiger partial charge in [0.2, 0.25) is 0 Å². The molecule has 1 aromatic heterocycles. The minimum Gasteiger partial charge on any atom is -0.495 e. The molecule has 0 atom stereocenters. The Balaban J connectivity index is 3.39. The number of methoxy groups -OCH3 is 1. The van der Waals surface area contributed by atoms with Gasteiger partial charge in [0.05, 0.1) is 7.11 Å². The maximum atomic E-state index is 12.3. The summed E-state index contributed by atoms with van der Waals surface area (Å²) in [5.74, 6) is -0.491. The number of aromatic nitrogens is 1. The summed E-state index contributed by atoms with van der Waals surface area (Å²) in [7, 11) is 1.07. The van der Waals surface area contributed by atoms with E-state index >= 15 is 0 Å². The minimum atomic E-state index is -4.56. The monoisotopic (exact) mass is 202 g/mol. The van der Waals surface area contributed by atoms with Crippen LogP contribution < -0.4 is 4.74 Å². The average Bonchev–Trinajstić information content (AvgIpc) is 2.15. The van der Waals surface area contributed by atoms with E-state index in [2.05, 4.69) is 9.72 Å². The summed E-state index contributed by atoms with van der Waals surface area (Å²) < 4.78 is 41.5.